The summed E-state index contributed by atoms with van der Waals surface area (Å²) in [5.41, 5.74) is 10.6. The summed E-state index contributed by atoms with van der Waals surface area (Å²) in [6, 6.07) is 7.59. The van der Waals surface area contributed by atoms with Crippen LogP contribution in [0.5, 0.6) is 5.75 Å². The van der Waals surface area contributed by atoms with Crippen LogP contribution in [0.25, 0.3) is 0 Å². The van der Waals surface area contributed by atoms with E-state index in [1.807, 2.05) is 44.5 Å². The molecule has 1 aliphatic heterocycles. The molecule has 0 radical (unpaired) electrons. The summed E-state index contributed by atoms with van der Waals surface area (Å²) in [5, 5.41) is 6.27. The third-order valence-electron chi connectivity index (χ3n) is 4.86. The summed E-state index contributed by atoms with van der Waals surface area (Å²) in [4.78, 5) is 15.9. The highest BCUT2D eigenvalue weighted by Crippen LogP contribution is 2.31. The average Bonchev–Trinajstić information content (AvgIpc) is 2.72. The van der Waals surface area contributed by atoms with Gasteiger partial charge in [0.1, 0.15) is 17.3 Å². The fourth-order valence-electron chi connectivity index (χ4n) is 3.15. The molecule has 0 saturated carbocycles. The number of methoxy groups -OCH3 is 1. The predicted octanol–water partition coefficient (Wildman–Crippen LogP) is 3.22. The number of rotatable bonds is 7. The molecule has 8 nitrogen and oxygen atoms in total. The smallest absolute Gasteiger partial charge is 0.229 e. The van der Waals surface area contributed by atoms with Gasteiger partial charge in [0.2, 0.25) is 5.95 Å². The molecule has 0 bridgehead atoms. The first-order valence-corrected chi connectivity index (χ1v) is 9.74. The molecule has 0 fully saturated rings. The highest BCUT2D eigenvalue weighted by Gasteiger charge is 2.14. The number of aryl methyl sites for hydroxylation is 1. The fraction of sp³-hybridized carbons (Fsp3) is 0.381. The quantitative estimate of drug-likeness (QED) is 0.619. The zero-order valence-corrected chi connectivity index (χ0v) is 17.5. The van der Waals surface area contributed by atoms with Gasteiger partial charge in [-0.3, -0.25) is 9.89 Å². The van der Waals surface area contributed by atoms with Crippen molar-refractivity contribution in [3.63, 3.8) is 0 Å². The minimum atomic E-state index is 0.521. The minimum Gasteiger partial charge on any atom is -0.494 e. The van der Waals surface area contributed by atoms with Crippen molar-refractivity contribution in [3.8, 4) is 5.75 Å². The molecule has 0 amide bonds. The van der Waals surface area contributed by atoms with Crippen LogP contribution in [-0.4, -0.2) is 54.9 Å². The molecule has 1 aromatic carbocycles. The Hall–Kier alpha value is -3.13. The van der Waals surface area contributed by atoms with Crippen molar-refractivity contribution < 1.29 is 4.74 Å². The molecule has 8 heteroatoms. The van der Waals surface area contributed by atoms with E-state index < -0.39 is 0 Å². The van der Waals surface area contributed by atoms with Gasteiger partial charge in [0, 0.05) is 61.5 Å². The van der Waals surface area contributed by atoms with E-state index in [-0.39, 0.29) is 0 Å². The third kappa shape index (κ3) is 5.23. The van der Waals surface area contributed by atoms with Crippen LogP contribution >= 0.6 is 0 Å². The molecule has 0 unspecified atom stereocenters. The Bertz CT molecular complexity index is 923. The summed E-state index contributed by atoms with van der Waals surface area (Å²) in [6.07, 6.45) is 2.72. The molecule has 0 aliphatic carbocycles. The van der Waals surface area contributed by atoms with Crippen molar-refractivity contribution in [2.45, 2.75) is 20.3 Å². The second-order valence-electron chi connectivity index (χ2n) is 6.91. The lowest BCUT2D eigenvalue weighted by molar-refractivity contribution is 0.305. The van der Waals surface area contributed by atoms with Gasteiger partial charge in [-0.2, -0.15) is 4.98 Å². The lowest BCUT2D eigenvalue weighted by atomic mass is 10.1. The first-order valence-electron chi connectivity index (χ1n) is 9.74. The van der Waals surface area contributed by atoms with Crippen molar-refractivity contribution in [2.24, 2.45) is 10.7 Å². The molecule has 29 heavy (non-hydrogen) atoms. The number of aliphatic imine (C=N–C) groups is 1. The second kappa shape index (κ2) is 9.38. The van der Waals surface area contributed by atoms with E-state index in [0.717, 1.165) is 54.5 Å². The molecular formula is C21H29N7O. The molecule has 1 aromatic heterocycles. The van der Waals surface area contributed by atoms with Crippen LogP contribution in [0.4, 0.5) is 23.1 Å². The number of nitrogens with two attached hydrogens (primary N) is 1. The summed E-state index contributed by atoms with van der Waals surface area (Å²) in [6.45, 7) is 6.89. The van der Waals surface area contributed by atoms with Crippen molar-refractivity contribution in [1.29, 1.82) is 0 Å². The Morgan fingerprint density at radius 3 is 2.86 bits per heavy atom. The first kappa shape index (κ1) is 20.6. The third-order valence-corrected chi connectivity index (χ3v) is 4.86. The number of aromatic nitrogens is 2. The van der Waals surface area contributed by atoms with Gasteiger partial charge in [-0.1, -0.05) is 6.92 Å². The van der Waals surface area contributed by atoms with Crippen LogP contribution in [0.1, 0.15) is 19.0 Å². The number of ether oxygens (including phenoxy) is 1. The Labute approximate surface area is 171 Å². The lowest BCUT2D eigenvalue weighted by Crippen LogP contribution is -2.33. The zero-order valence-electron chi connectivity index (χ0n) is 17.5. The SMILES string of the molecule is CCN1CCC(N)=C(C=Nc2cc(Nc3nc(C)cc(NC)n3)ccc2OC)C1. The van der Waals surface area contributed by atoms with Crippen molar-refractivity contribution in [1.82, 2.24) is 14.9 Å². The molecule has 0 saturated heterocycles. The van der Waals surface area contributed by atoms with E-state index in [2.05, 4.69) is 37.4 Å². The maximum atomic E-state index is 6.20. The Morgan fingerprint density at radius 1 is 1.31 bits per heavy atom. The van der Waals surface area contributed by atoms with Crippen LogP contribution in [0, 0.1) is 6.92 Å². The van der Waals surface area contributed by atoms with E-state index >= 15 is 0 Å². The maximum absolute atomic E-state index is 6.20. The standard InChI is InChI=1S/C21H29N7O/c1-5-28-9-8-17(22)15(13-28)12-24-18-11-16(6-7-19(18)29-4)26-21-25-14(2)10-20(23-3)27-21/h6-7,10-12H,5,8-9,13,22H2,1-4H3,(H2,23,25,26,27). The van der Waals surface area contributed by atoms with Crippen molar-refractivity contribution >= 4 is 29.4 Å². The summed E-state index contributed by atoms with van der Waals surface area (Å²) >= 11 is 0. The predicted molar refractivity (Wildman–Crippen MR) is 119 cm³/mol. The number of nitrogens with zero attached hydrogens (tertiary/aromatic N) is 4. The van der Waals surface area contributed by atoms with Gasteiger partial charge in [-0.15, -0.1) is 0 Å². The van der Waals surface area contributed by atoms with Gasteiger partial charge in [0.25, 0.3) is 0 Å². The molecule has 2 aromatic rings. The van der Waals surface area contributed by atoms with Crippen LogP contribution in [0.2, 0.25) is 0 Å². The van der Waals surface area contributed by atoms with Gasteiger partial charge in [-0.05, 0) is 31.7 Å². The van der Waals surface area contributed by atoms with Gasteiger partial charge in [0.15, 0.2) is 0 Å². The van der Waals surface area contributed by atoms with Crippen LogP contribution in [0.3, 0.4) is 0 Å². The molecule has 0 atom stereocenters. The zero-order chi connectivity index (χ0) is 20.8. The van der Waals surface area contributed by atoms with E-state index in [0.29, 0.717) is 17.4 Å². The van der Waals surface area contributed by atoms with Gasteiger partial charge in [0.05, 0.1) is 7.11 Å². The van der Waals surface area contributed by atoms with E-state index in [4.69, 9.17) is 10.5 Å². The summed E-state index contributed by atoms with van der Waals surface area (Å²) in [7, 11) is 3.47. The van der Waals surface area contributed by atoms with Gasteiger partial charge >= 0.3 is 0 Å². The largest absolute Gasteiger partial charge is 0.494 e. The first-order chi connectivity index (χ1) is 14.0. The minimum absolute atomic E-state index is 0.521. The molecule has 2 heterocycles. The number of benzene rings is 1. The van der Waals surface area contributed by atoms with Crippen molar-refractivity contribution in [3.05, 3.63) is 41.2 Å². The second-order valence-corrected chi connectivity index (χ2v) is 6.91. The molecule has 154 valence electrons. The monoisotopic (exact) mass is 395 g/mol. The van der Waals surface area contributed by atoms with E-state index in [1.165, 1.54) is 0 Å². The number of anilines is 3. The maximum Gasteiger partial charge on any atom is 0.229 e. The Morgan fingerprint density at radius 2 is 2.14 bits per heavy atom. The number of hydrogen-bond donors (Lipinski definition) is 3. The summed E-state index contributed by atoms with van der Waals surface area (Å²) < 4.78 is 5.47. The lowest BCUT2D eigenvalue weighted by Gasteiger charge is -2.26. The highest BCUT2D eigenvalue weighted by atomic mass is 16.5. The molecule has 3 rings (SSSR count). The van der Waals surface area contributed by atoms with E-state index in [1.54, 1.807) is 7.11 Å². The topological polar surface area (TPSA) is 101 Å². The number of hydrogen-bond acceptors (Lipinski definition) is 8. The van der Waals surface area contributed by atoms with Crippen LogP contribution < -0.4 is 21.1 Å². The Kier molecular flexibility index (Phi) is 6.66. The van der Waals surface area contributed by atoms with Crippen LogP contribution in [0.15, 0.2) is 40.5 Å². The van der Waals surface area contributed by atoms with Gasteiger partial charge in [-0.25, -0.2) is 4.98 Å². The van der Waals surface area contributed by atoms with Crippen molar-refractivity contribution in [2.75, 3.05) is 44.4 Å². The molecule has 0 spiro atoms. The summed E-state index contributed by atoms with van der Waals surface area (Å²) in [5.74, 6) is 1.97. The van der Waals surface area contributed by atoms with E-state index in [9.17, 15) is 0 Å². The van der Waals surface area contributed by atoms with Crippen LogP contribution in [-0.2, 0) is 0 Å². The average molecular weight is 396 g/mol. The normalized spacial score (nSPS) is 15.0. The number of likely N-dealkylation sites (N-methyl/N-ethyl adjacent to an activating group) is 1. The number of nitrogens with one attached hydrogen (secondary N) is 2. The Balaban J connectivity index is 1.85. The molecular weight excluding hydrogens is 366 g/mol. The molecule has 4 N–H and O–H groups in total. The molecule has 1 aliphatic rings. The fourth-order valence-corrected chi connectivity index (χ4v) is 3.15. The highest BCUT2D eigenvalue weighted by molar-refractivity contribution is 5.84. The van der Waals surface area contributed by atoms with Gasteiger partial charge < -0.3 is 21.1 Å².